The zero-order valence-corrected chi connectivity index (χ0v) is 10.0. The van der Waals surface area contributed by atoms with Crippen LogP contribution < -0.4 is 5.32 Å². The predicted octanol–water partition coefficient (Wildman–Crippen LogP) is 2.24. The molecule has 0 aromatic heterocycles. The Balaban J connectivity index is 2.79. The van der Waals surface area contributed by atoms with Crippen LogP contribution >= 0.6 is 23.2 Å². The number of carbonyl (C=O) groups is 1. The minimum atomic E-state index is -1.87. The van der Waals surface area contributed by atoms with Crippen LogP contribution in [0.25, 0.3) is 0 Å². The van der Waals surface area contributed by atoms with Gasteiger partial charge in [-0.3, -0.25) is 0 Å². The molecule has 0 aliphatic rings. The molecule has 1 aromatic carbocycles. The second kappa shape index (κ2) is 4.91. The fraction of sp³-hybridized carbons (Fsp3) is 0.300. The molecule has 16 heavy (non-hydrogen) atoms. The van der Waals surface area contributed by atoms with Crippen LogP contribution in [-0.4, -0.2) is 28.3 Å². The van der Waals surface area contributed by atoms with Crippen molar-refractivity contribution in [2.24, 2.45) is 0 Å². The summed E-state index contributed by atoms with van der Waals surface area (Å²) in [5.41, 5.74) is -1.46. The summed E-state index contributed by atoms with van der Waals surface area (Å²) in [6.07, 6.45) is 0. The largest absolute Gasteiger partial charge is 0.479 e. The average molecular weight is 264 g/mol. The Kier molecular flexibility index (Phi) is 4.02. The van der Waals surface area contributed by atoms with Crippen LogP contribution in [0.2, 0.25) is 10.0 Å². The molecule has 0 heterocycles. The third-order valence-electron chi connectivity index (χ3n) is 2.03. The highest BCUT2D eigenvalue weighted by atomic mass is 35.5. The lowest BCUT2D eigenvalue weighted by Crippen LogP contribution is -2.41. The molecular formula is C10H11Cl2NO3. The molecular weight excluding hydrogens is 253 g/mol. The standard InChI is InChI=1S/C10H11Cl2NO3/c1-10(16,9(14)15)5-13-8-6(11)3-2-4-7(8)12/h2-4,13,16H,5H2,1H3,(H,14,15). The first-order valence-corrected chi connectivity index (χ1v) is 5.24. The number of nitrogens with one attached hydrogen (secondary N) is 1. The summed E-state index contributed by atoms with van der Waals surface area (Å²) < 4.78 is 0. The first kappa shape index (κ1) is 13.1. The molecule has 6 heteroatoms. The minimum absolute atomic E-state index is 0.189. The summed E-state index contributed by atoms with van der Waals surface area (Å²) in [7, 11) is 0. The monoisotopic (exact) mass is 263 g/mol. The van der Waals surface area contributed by atoms with E-state index < -0.39 is 11.6 Å². The second-order valence-corrected chi connectivity index (χ2v) is 4.34. The van der Waals surface area contributed by atoms with Gasteiger partial charge < -0.3 is 15.5 Å². The first-order chi connectivity index (χ1) is 7.34. The van der Waals surface area contributed by atoms with Gasteiger partial charge in [0, 0.05) is 0 Å². The van der Waals surface area contributed by atoms with Gasteiger partial charge >= 0.3 is 5.97 Å². The maximum atomic E-state index is 10.7. The molecule has 3 N–H and O–H groups in total. The first-order valence-electron chi connectivity index (χ1n) is 4.48. The number of aliphatic hydroxyl groups is 1. The van der Waals surface area contributed by atoms with E-state index in [0.717, 1.165) is 0 Å². The quantitative estimate of drug-likeness (QED) is 0.780. The van der Waals surface area contributed by atoms with Crippen LogP contribution in [0, 0.1) is 0 Å². The van der Waals surface area contributed by atoms with Crippen LogP contribution in [-0.2, 0) is 4.79 Å². The zero-order chi connectivity index (χ0) is 12.3. The van der Waals surface area contributed by atoms with E-state index in [9.17, 15) is 9.90 Å². The molecule has 1 atom stereocenters. The topological polar surface area (TPSA) is 69.6 Å². The maximum absolute atomic E-state index is 10.7. The molecule has 0 bridgehead atoms. The number of para-hydroxylation sites is 1. The molecule has 0 spiro atoms. The molecule has 1 aromatic rings. The van der Waals surface area contributed by atoms with Crippen molar-refractivity contribution in [1.82, 2.24) is 0 Å². The van der Waals surface area contributed by atoms with Gasteiger partial charge in [-0.2, -0.15) is 0 Å². The van der Waals surface area contributed by atoms with E-state index in [1.54, 1.807) is 18.2 Å². The van der Waals surface area contributed by atoms with Crippen LogP contribution in [0.4, 0.5) is 5.69 Å². The van der Waals surface area contributed by atoms with E-state index in [-0.39, 0.29) is 6.54 Å². The Morgan fingerprint density at radius 1 is 1.44 bits per heavy atom. The van der Waals surface area contributed by atoms with Crippen molar-refractivity contribution in [3.05, 3.63) is 28.2 Å². The Hall–Kier alpha value is -0.970. The summed E-state index contributed by atoms with van der Waals surface area (Å²) in [6, 6.07) is 4.90. The van der Waals surface area contributed by atoms with Gasteiger partial charge in [-0.05, 0) is 19.1 Å². The maximum Gasteiger partial charge on any atom is 0.337 e. The fourth-order valence-electron chi connectivity index (χ4n) is 1.00. The zero-order valence-electron chi connectivity index (χ0n) is 8.50. The van der Waals surface area contributed by atoms with E-state index in [0.29, 0.717) is 15.7 Å². The van der Waals surface area contributed by atoms with Crippen molar-refractivity contribution >= 4 is 34.9 Å². The molecule has 0 fully saturated rings. The molecule has 0 amide bonds. The lowest BCUT2D eigenvalue weighted by Gasteiger charge is -2.20. The van der Waals surface area contributed by atoms with Gasteiger partial charge in [0.15, 0.2) is 5.60 Å². The van der Waals surface area contributed by atoms with Crippen molar-refractivity contribution in [3.63, 3.8) is 0 Å². The van der Waals surface area contributed by atoms with E-state index in [1.165, 1.54) is 6.92 Å². The molecule has 1 unspecified atom stereocenters. The summed E-state index contributed by atoms with van der Waals surface area (Å²) in [5, 5.41) is 21.6. The lowest BCUT2D eigenvalue weighted by molar-refractivity contribution is -0.155. The van der Waals surface area contributed by atoms with Crippen LogP contribution in [0.3, 0.4) is 0 Å². The van der Waals surface area contributed by atoms with Crippen molar-refractivity contribution in [2.45, 2.75) is 12.5 Å². The predicted molar refractivity (Wildman–Crippen MR) is 63.2 cm³/mol. The van der Waals surface area contributed by atoms with E-state index in [2.05, 4.69) is 5.32 Å². The number of anilines is 1. The number of rotatable bonds is 4. The summed E-state index contributed by atoms with van der Waals surface area (Å²) in [6.45, 7) is 0.999. The summed E-state index contributed by atoms with van der Waals surface area (Å²) >= 11 is 11.7. The Bertz CT molecular complexity index is 387. The van der Waals surface area contributed by atoms with Gasteiger partial charge in [-0.25, -0.2) is 4.79 Å². The van der Waals surface area contributed by atoms with Crippen molar-refractivity contribution in [2.75, 3.05) is 11.9 Å². The van der Waals surface area contributed by atoms with Gasteiger partial charge in [0.25, 0.3) is 0 Å². The van der Waals surface area contributed by atoms with Gasteiger partial charge in [0.05, 0.1) is 22.3 Å². The molecule has 0 aliphatic carbocycles. The van der Waals surface area contributed by atoms with Crippen LogP contribution in [0.1, 0.15) is 6.92 Å². The minimum Gasteiger partial charge on any atom is -0.479 e. The van der Waals surface area contributed by atoms with Crippen molar-refractivity contribution in [1.29, 1.82) is 0 Å². The van der Waals surface area contributed by atoms with Gasteiger partial charge in [-0.1, -0.05) is 29.3 Å². The third kappa shape index (κ3) is 3.01. The normalized spacial score (nSPS) is 14.2. The van der Waals surface area contributed by atoms with Crippen LogP contribution in [0.15, 0.2) is 18.2 Å². The van der Waals surface area contributed by atoms with Crippen molar-refractivity contribution in [3.8, 4) is 0 Å². The Morgan fingerprint density at radius 3 is 2.38 bits per heavy atom. The number of benzene rings is 1. The Labute approximate surface area is 103 Å². The highest BCUT2D eigenvalue weighted by Gasteiger charge is 2.29. The van der Waals surface area contributed by atoms with E-state index in [1.807, 2.05) is 0 Å². The number of hydrogen-bond donors (Lipinski definition) is 3. The van der Waals surface area contributed by atoms with E-state index >= 15 is 0 Å². The molecule has 0 aliphatic heterocycles. The lowest BCUT2D eigenvalue weighted by atomic mass is 10.1. The van der Waals surface area contributed by atoms with Crippen molar-refractivity contribution < 1.29 is 15.0 Å². The highest BCUT2D eigenvalue weighted by Crippen LogP contribution is 2.30. The van der Waals surface area contributed by atoms with Gasteiger partial charge in [0.2, 0.25) is 0 Å². The smallest absolute Gasteiger partial charge is 0.337 e. The average Bonchev–Trinajstić information content (AvgIpc) is 2.16. The molecule has 0 radical (unpaired) electrons. The fourth-order valence-corrected chi connectivity index (χ4v) is 1.53. The highest BCUT2D eigenvalue weighted by molar-refractivity contribution is 6.39. The molecule has 4 nitrogen and oxygen atoms in total. The number of hydrogen-bond acceptors (Lipinski definition) is 3. The number of halogens is 2. The molecule has 0 saturated heterocycles. The molecule has 0 saturated carbocycles. The SMILES string of the molecule is CC(O)(CNc1c(Cl)cccc1Cl)C(=O)O. The van der Waals surface area contributed by atoms with Gasteiger partial charge in [-0.15, -0.1) is 0 Å². The third-order valence-corrected chi connectivity index (χ3v) is 2.66. The Morgan fingerprint density at radius 2 is 1.94 bits per heavy atom. The molecule has 1 rings (SSSR count). The second-order valence-electron chi connectivity index (χ2n) is 3.53. The number of carboxylic acids is 1. The number of carboxylic acid groups (broad SMARTS) is 1. The summed E-state index contributed by atoms with van der Waals surface area (Å²) in [5.74, 6) is -1.32. The number of aliphatic carboxylic acids is 1. The van der Waals surface area contributed by atoms with Gasteiger partial charge in [0.1, 0.15) is 0 Å². The van der Waals surface area contributed by atoms with Crippen LogP contribution in [0.5, 0.6) is 0 Å². The summed E-state index contributed by atoms with van der Waals surface area (Å²) in [4.78, 5) is 10.7. The van der Waals surface area contributed by atoms with E-state index in [4.69, 9.17) is 28.3 Å². The molecule has 88 valence electrons.